The van der Waals surface area contributed by atoms with Gasteiger partial charge in [-0.2, -0.15) is 0 Å². The average molecular weight is 412 g/mol. The Morgan fingerprint density at radius 2 is 2.00 bits per heavy atom. The molecule has 1 fully saturated rings. The maximum atomic E-state index is 12.2. The topological polar surface area (TPSA) is 61.9 Å². The van der Waals surface area contributed by atoms with Crippen molar-refractivity contribution >= 4 is 27.9 Å². The first kappa shape index (κ1) is 19.7. The lowest BCUT2D eigenvalue weighted by molar-refractivity contribution is -0.123. The Morgan fingerprint density at radius 1 is 1.32 bits per heavy atom. The Kier molecular flexibility index (Phi) is 7.71. The second-order valence-corrected chi connectivity index (χ2v) is 7.15. The molecule has 2 amide bonds. The van der Waals surface area contributed by atoms with Crippen molar-refractivity contribution in [2.45, 2.75) is 32.4 Å². The number of halogens is 1. The minimum Gasteiger partial charge on any atom is -0.450 e. The van der Waals surface area contributed by atoms with Gasteiger partial charge in [-0.3, -0.25) is 9.69 Å². The second kappa shape index (κ2) is 9.77. The smallest absolute Gasteiger partial charge is 0.409 e. The molecular formula is C18H26BrN3O3. The van der Waals surface area contributed by atoms with Crippen molar-refractivity contribution in [2.24, 2.45) is 0 Å². The number of likely N-dealkylation sites (N-methyl/N-ethyl adjacent to an activating group) is 1. The summed E-state index contributed by atoms with van der Waals surface area (Å²) in [6.07, 6.45) is 1.26. The van der Waals surface area contributed by atoms with Crippen LogP contribution in [0.3, 0.4) is 0 Å². The van der Waals surface area contributed by atoms with Crippen molar-refractivity contribution < 1.29 is 14.3 Å². The predicted molar refractivity (Wildman–Crippen MR) is 100 cm³/mol. The van der Waals surface area contributed by atoms with Gasteiger partial charge >= 0.3 is 6.09 Å². The molecule has 25 heavy (non-hydrogen) atoms. The Bertz CT molecular complexity index is 589. The number of hydrogen-bond donors (Lipinski definition) is 1. The third kappa shape index (κ3) is 6.32. The molecule has 0 bridgehead atoms. The molecule has 0 aromatic heterocycles. The zero-order chi connectivity index (χ0) is 18.2. The molecule has 2 rings (SSSR count). The highest BCUT2D eigenvalue weighted by Crippen LogP contribution is 2.17. The van der Waals surface area contributed by atoms with Crippen LogP contribution in [0.1, 0.15) is 25.3 Å². The third-order valence-electron chi connectivity index (χ3n) is 4.20. The average Bonchev–Trinajstić information content (AvgIpc) is 2.57. The number of nitrogens with zero attached hydrogens (tertiary/aromatic N) is 2. The Balaban J connectivity index is 1.72. The number of rotatable bonds is 6. The Labute approximate surface area is 157 Å². The number of ether oxygens (including phenoxy) is 1. The zero-order valence-corrected chi connectivity index (χ0v) is 16.4. The van der Waals surface area contributed by atoms with Crippen LogP contribution in [0, 0.1) is 0 Å². The van der Waals surface area contributed by atoms with Gasteiger partial charge in [-0.15, -0.1) is 0 Å². The number of piperidine rings is 1. The first-order chi connectivity index (χ1) is 12.0. The summed E-state index contributed by atoms with van der Waals surface area (Å²) in [6, 6.07) is 8.13. The Morgan fingerprint density at radius 3 is 2.64 bits per heavy atom. The lowest BCUT2D eigenvalue weighted by Gasteiger charge is -2.32. The molecule has 138 valence electrons. The molecule has 0 aliphatic carbocycles. The first-order valence-corrected chi connectivity index (χ1v) is 9.42. The molecule has 1 aliphatic heterocycles. The summed E-state index contributed by atoms with van der Waals surface area (Å²) in [4.78, 5) is 27.6. The molecule has 0 unspecified atom stereocenters. The van der Waals surface area contributed by atoms with Gasteiger partial charge in [-0.1, -0.05) is 34.1 Å². The van der Waals surface area contributed by atoms with Crippen LogP contribution in [-0.2, 0) is 16.1 Å². The quantitative estimate of drug-likeness (QED) is 0.781. The van der Waals surface area contributed by atoms with E-state index in [2.05, 4.69) is 21.2 Å². The maximum absolute atomic E-state index is 12.2. The largest absolute Gasteiger partial charge is 0.450 e. The lowest BCUT2D eigenvalue weighted by Crippen LogP contribution is -2.48. The van der Waals surface area contributed by atoms with E-state index in [4.69, 9.17) is 4.74 Å². The van der Waals surface area contributed by atoms with Crippen LogP contribution in [0.4, 0.5) is 4.79 Å². The van der Waals surface area contributed by atoms with Gasteiger partial charge in [0.05, 0.1) is 13.2 Å². The van der Waals surface area contributed by atoms with E-state index < -0.39 is 0 Å². The van der Waals surface area contributed by atoms with Crippen molar-refractivity contribution in [3.05, 3.63) is 34.3 Å². The highest BCUT2D eigenvalue weighted by atomic mass is 79.9. The van der Waals surface area contributed by atoms with E-state index in [-0.39, 0.29) is 18.0 Å². The van der Waals surface area contributed by atoms with E-state index in [1.54, 1.807) is 11.8 Å². The summed E-state index contributed by atoms with van der Waals surface area (Å²) >= 11 is 3.53. The molecule has 1 heterocycles. The van der Waals surface area contributed by atoms with Gasteiger partial charge in [0.25, 0.3) is 0 Å². The fourth-order valence-electron chi connectivity index (χ4n) is 2.91. The van der Waals surface area contributed by atoms with Gasteiger partial charge in [0, 0.05) is 30.1 Å². The van der Waals surface area contributed by atoms with Crippen LogP contribution in [-0.4, -0.2) is 61.1 Å². The normalized spacial score (nSPS) is 15.3. The standard InChI is InChI=1S/C18H26BrN3O3/c1-3-25-18(24)22-10-8-15(9-11-22)20-17(23)13-21(2)12-14-6-4-5-7-16(14)19/h4-7,15H,3,8-13H2,1-2H3,(H,20,23). The van der Waals surface area contributed by atoms with E-state index in [0.717, 1.165) is 22.9 Å². The molecule has 1 aromatic rings. The van der Waals surface area contributed by atoms with Gasteiger partial charge in [0.15, 0.2) is 0 Å². The molecule has 0 atom stereocenters. The molecular weight excluding hydrogens is 386 g/mol. The number of carbonyl (C=O) groups is 2. The zero-order valence-electron chi connectivity index (χ0n) is 14.8. The number of benzene rings is 1. The fourth-order valence-corrected chi connectivity index (χ4v) is 3.32. The van der Waals surface area contributed by atoms with Crippen LogP contribution >= 0.6 is 15.9 Å². The van der Waals surface area contributed by atoms with Crippen LogP contribution in [0.5, 0.6) is 0 Å². The monoisotopic (exact) mass is 411 g/mol. The van der Waals surface area contributed by atoms with E-state index in [0.29, 0.717) is 32.8 Å². The van der Waals surface area contributed by atoms with Crippen molar-refractivity contribution in [2.75, 3.05) is 33.3 Å². The Hall–Kier alpha value is -1.60. The summed E-state index contributed by atoms with van der Waals surface area (Å²) in [7, 11) is 1.93. The summed E-state index contributed by atoms with van der Waals surface area (Å²) in [5, 5.41) is 3.07. The van der Waals surface area contributed by atoms with Gasteiger partial charge in [-0.25, -0.2) is 4.79 Å². The maximum Gasteiger partial charge on any atom is 0.409 e. The second-order valence-electron chi connectivity index (χ2n) is 6.29. The SMILES string of the molecule is CCOC(=O)N1CCC(NC(=O)CN(C)Cc2ccccc2Br)CC1. The highest BCUT2D eigenvalue weighted by Gasteiger charge is 2.24. The van der Waals surface area contributed by atoms with E-state index in [1.165, 1.54) is 0 Å². The summed E-state index contributed by atoms with van der Waals surface area (Å²) in [6.45, 7) is 4.48. The lowest BCUT2D eigenvalue weighted by atomic mass is 10.1. The first-order valence-electron chi connectivity index (χ1n) is 8.62. The van der Waals surface area contributed by atoms with Gasteiger partial charge in [-0.05, 0) is 38.4 Å². The van der Waals surface area contributed by atoms with Crippen LogP contribution in [0.25, 0.3) is 0 Å². The number of nitrogens with one attached hydrogen (secondary N) is 1. The third-order valence-corrected chi connectivity index (χ3v) is 4.97. The van der Waals surface area contributed by atoms with Crippen molar-refractivity contribution in [3.8, 4) is 0 Å². The number of amides is 2. The fraction of sp³-hybridized carbons (Fsp3) is 0.556. The minimum absolute atomic E-state index is 0.0177. The molecule has 0 saturated carbocycles. The van der Waals surface area contributed by atoms with Gasteiger partial charge in [0.2, 0.25) is 5.91 Å². The number of hydrogen-bond acceptors (Lipinski definition) is 4. The summed E-state index contributed by atoms with van der Waals surface area (Å²) < 4.78 is 6.06. The molecule has 0 radical (unpaired) electrons. The summed E-state index contributed by atoms with van der Waals surface area (Å²) in [5.41, 5.74) is 1.15. The van der Waals surface area contributed by atoms with Gasteiger partial charge in [0.1, 0.15) is 0 Å². The van der Waals surface area contributed by atoms with Crippen LogP contribution in [0.15, 0.2) is 28.7 Å². The van der Waals surface area contributed by atoms with E-state index >= 15 is 0 Å². The van der Waals surface area contributed by atoms with Crippen molar-refractivity contribution in [1.29, 1.82) is 0 Å². The van der Waals surface area contributed by atoms with Crippen molar-refractivity contribution in [1.82, 2.24) is 15.1 Å². The number of likely N-dealkylation sites (tertiary alicyclic amines) is 1. The van der Waals surface area contributed by atoms with E-state index in [9.17, 15) is 9.59 Å². The molecule has 1 aliphatic rings. The number of carbonyl (C=O) groups excluding carboxylic acids is 2. The minimum atomic E-state index is -0.263. The predicted octanol–water partition coefficient (Wildman–Crippen LogP) is 2.62. The molecule has 0 spiro atoms. The molecule has 1 N–H and O–H groups in total. The molecule has 1 saturated heterocycles. The van der Waals surface area contributed by atoms with Crippen molar-refractivity contribution in [3.63, 3.8) is 0 Å². The highest BCUT2D eigenvalue weighted by molar-refractivity contribution is 9.10. The van der Waals surface area contributed by atoms with Gasteiger partial charge < -0.3 is 15.0 Å². The molecule has 1 aromatic carbocycles. The molecule has 6 nitrogen and oxygen atoms in total. The molecule has 7 heteroatoms. The van der Waals surface area contributed by atoms with Crippen LogP contribution in [0.2, 0.25) is 0 Å². The summed E-state index contributed by atoms with van der Waals surface area (Å²) in [5.74, 6) is 0.0177. The van der Waals surface area contributed by atoms with E-state index in [1.807, 2.05) is 36.2 Å². The van der Waals surface area contributed by atoms with Crippen LogP contribution < -0.4 is 5.32 Å².